The quantitative estimate of drug-likeness (QED) is 0.652. The van der Waals surface area contributed by atoms with Crippen molar-refractivity contribution in [1.82, 2.24) is 29.7 Å². The molecule has 0 spiro atoms. The highest BCUT2D eigenvalue weighted by Gasteiger charge is 2.07. The Morgan fingerprint density at radius 3 is 2.76 bits per heavy atom. The predicted molar refractivity (Wildman–Crippen MR) is 78.5 cm³/mol. The molecule has 0 fully saturated rings. The molecular formula is C12H20N8O. The van der Waals surface area contributed by atoms with Gasteiger partial charge in [0, 0.05) is 26.8 Å². The zero-order valence-electron chi connectivity index (χ0n) is 12.3. The second-order valence-electron chi connectivity index (χ2n) is 4.27. The molecule has 0 unspecified atom stereocenters. The first kappa shape index (κ1) is 15.1. The maximum absolute atomic E-state index is 5.42. The van der Waals surface area contributed by atoms with Crippen molar-refractivity contribution in [3.05, 3.63) is 12.7 Å². The molecule has 0 saturated carbocycles. The first-order valence-electron chi connectivity index (χ1n) is 6.94. The molecule has 2 aromatic heterocycles. The lowest BCUT2D eigenvalue weighted by molar-refractivity contribution is 0.134. The molecule has 0 aliphatic carbocycles. The van der Waals surface area contributed by atoms with Gasteiger partial charge in [0.05, 0.1) is 0 Å². The molecule has 0 amide bonds. The third kappa shape index (κ3) is 4.63. The number of hydrogen-bond donors (Lipinski definition) is 2. The van der Waals surface area contributed by atoms with Gasteiger partial charge in [-0.2, -0.15) is 24.7 Å². The summed E-state index contributed by atoms with van der Waals surface area (Å²) in [6.45, 7) is 4.34. The molecule has 2 aromatic rings. The van der Waals surface area contributed by atoms with Crippen LogP contribution < -0.4 is 10.6 Å². The fourth-order valence-electron chi connectivity index (χ4n) is 1.59. The van der Waals surface area contributed by atoms with Gasteiger partial charge in [-0.25, -0.2) is 4.98 Å². The number of rotatable bonds is 9. The summed E-state index contributed by atoms with van der Waals surface area (Å²) in [4.78, 5) is 16.7. The van der Waals surface area contributed by atoms with Gasteiger partial charge < -0.3 is 15.4 Å². The van der Waals surface area contributed by atoms with E-state index in [9.17, 15) is 0 Å². The van der Waals surface area contributed by atoms with Crippen molar-refractivity contribution in [3.8, 4) is 5.95 Å². The van der Waals surface area contributed by atoms with E-state index in [0.29, 0.717) is 17.8 Å². The Kier molecular flexibility index (Phi) is 5.83. The van der Waals surface area contributed by atoms with E-state index < -0.39 is 0 Å². The fourth-order valence-corrected chi connectivity index (χ4v) is 1.59. The zero-order valence-corrected chi connectivity index (χ0v) is 12.3. The summed E-state index contributed by atoms with van der Waals surface area (Å²) in [6.07, 6.45) is 4.89. The van der Waals surface area contributed by atoms with Crippen LogP contribution in [0.5, 0.6) is 0 Å². The van der Waals surface area contributed by atoms with Crippen molar-refractivity contribution in [2.45, 2.75) is 19.8 Å². The van der Waals surface area contributed by atoms with Crippen molar-refractivity contribution in [1.29, 1.82) is 0 Å². The highest BCUT2D eigenvalue weighted by molar-refractivity contribution is 5.37. The summed E-state index contributed by atoms with van der Waals surface area (Å²) in [5.41, 5.74) is 0. The third-order valence-corrected chi connectivity index (χ3v) is 2.57. The average molecular weight is 292 g/mol. The second kappa shape index (κ2) is 8.10. The Morgan fingerprint density at radius 2 is 2.05 bits per heavy atom. The summed E-state index contributed by atoms with van der Waals surface area (Å²) < 4.78 is 6.90. The lowest BCUT2D eigenvalue weighted by Crippen LogP contribution is -2.13. The van der Waals surface area contributed by atoms with Gasteiger partial charge in [0.1, 0.15) is 12.7 Å². The Bertz CT molecular complexity index is 530. The second-order valence-corrected chi connectivity index (χ2v) is 4.27. The SMILES string of the molecule is CCCOCCCNc1nc(NC)nc(-n2cncn2)n1. The highest BCUT2D eigenvalue weighted by atomic mass is 16.5. The van der Waals surface area contributed by atoms with Crippen LogP contribution in [-0.4, -0.2) is 56.5 Å². The number of hydrogen-bond acceptors (Lipinski definition) is 8. The Balaban J connectivity index is 1.94. The number of ether oxygens (including phenoxy) is 1. The standard InChI is InChI=1S/C12H20N8O/c1-3-6-21-7-4-5-15-11-17-10(13-2)18-12(19-11)20-9-14-8-16-20/h8-9H,3-7H2,1-2H3,(H2,13,15,17,18,19). The van der Waals surface area contributed by atoms with Gasteiger partial charge in [0.15, 0.2) is 0 Å². The molecular weight excluding hydrogens is 272 g/mol. The van der Waals surface area contributed by atoms with Gasteiger partial charge in [-0.1, -0.05) is 6.92 Å². The first-order valence-corrected chi connectivity index (χ1v) is 6.94. The maximum atomic E-state index is 5.42. The summed E-state index contributed by atoms with van der Waals surface area (Å²) in [7, 11) is 1.75. The molecule has 0 saturated heterocycles. The zero-order chi connectivity index (χ0) is 14.9. The monoisotopic (exact) mass is 292 g/mol. The normalized spacial score (nSPS) is 10.6. The summed E-state index contributed by atoms with van der Waals surface area (Å²) in [6, 6.07) is 0. The minimum atomic E-state index is 0.414. The van der Waals surface area contributed by atoms with E-state index in [0.717, 1.165) is 32.6 Å². The van der Waals surface area contributed by atoms with E-state index in [1.165, 1.54) is 17.3 Å². The van der Waals surface area contributed by atoms with Gasteiger partial charge in [-0.05, 0) is 12.8 Å². The van der Waals surface area contributed by atoms with Gasteiger partial charge in [-0.3, -0.25) is 0 Å². The molecule has 21 heavy (non-hydrogen) atoms. The van der Waals surface area contributed by atoms with Gasteiger partial charge in [0.25, 0.3) is 5.95 Å². The molecule has 0 bridgehead atoms. The smallest absolute Gasteiger partial charge is 0.258 e. The first-order chi connectivity index (χ1) is 10.3. The molecule has 9 heteroatoms. The predicted octanol–water partition coefficient (Wildman–Crippen LogP) is 0.723. The highest BCUT2D eigenvalue weighted by Crippen LogP contribution is 2.07. The van der Waals surface area contributed by atoms with Gasteiger partial charge in [-0.15, -0.1) is 0 Å². The molecule has 0 aliphatic rings. The molecule has 2 heterocycles. The van der Waals surface area contributed by atoms with Crippen molar-refractivity contribution in [2.75, 3.05) is 37.4 Å². The number of aromatic nitrogens is 6. The largest absolute Gasteiger partial charge is 0.381 e. The van der Waals surface area contributed by atoms with E-state index in [2.05, 4.69) is 42.6 Å². The van der Waals surface area contributed by atoms with Crippen molar-refractivity contribution in [2.24, 2.45) is 0 Å². The van der Waals surface area contributed by atoms with E-state index in [1.54, 1.807) is 7.05 Å². The van der Waals surface area contributed by atoms with E-state index >= 15 is 0 Å². The molecule has 0 atom stereocenters. The van der Waals surface area contributed by atoms with Crippen LogP contribution in [-0.2, 0) is 4.74 Å². The third-order valence-electron chi connectivity index (χ3n) is 2.57. The minimum absolute atomic E-state index is 0.414. The molecule has 114 valence electrons. The molecule has 2 N–H and O–H groups in total. The van der Waals surface area contributed by atoms with Crippen molar-refractivity contribution < 1.29 is 4.74 Å². The topological polar surface area (TPSA) is 103 Å². The van der Waals surface area contributed by atoms with E-state index in [4.69, 9.17) is 4.74 Å². The van der Waals surface area contributed by atoms with Crippen LogP contribution in [0.4, 0.5) is 11.9 Å². The molecule has 2 rings (SSSR count). The van der Waals surface area contributed by atoms with Crippen molar-refractivity contribution >= 4 is 11.9 Å². The van der Waals surface area contributed by atoms with Gasteiger partial charge >= 0.3 is 0 Å². The van der Waals surface area contributed by atoms with Crippen LogP contribution >= 0.6 is 0 Å². The van der Waals surface area contributed by atoms with Crippen LogP contribution in [0.2, 0.25) is 0 Å². The fraction of sp³-hybridized carbons (Fsp3) is 0.583. The summed E-state index contributed by atoms with van der Waals surface area (Å²) in [5.74, 6) is 1.38. The minimum Gasteiger partial charge on any atom is -0.381 e. The molecule has 0 aliphatic heterocycles. The van der Waals surface area contributed by atoms with Crippen LogP contribution in [0.3, 0.4) is 0 Å². The van der Waals surface area contributed by atoms with E-state index in [-0.39, 0.29) is 0 Å². The molecule has 9 nitrogen and oxygen atoms in total. The lowest BCUT2D eigenvalue weighted by Gasteiger charge is -2.08. The Hall–Kier alpha value is -2.29. The van der Waals surface area contributed by atoms with Gasteiger partial charge in [0.2, 0.25) is 11.9 Å². The Labute approximate surface area is 123 Å². The average Bonchev–Trinajstić information content (AvgIpc) is 3.05. The van der Waals surface area contributed by atoms with Crippen LogP contribution in [0, 0.1) is 0 Å². The number of nitrogens with one attached hydrogen (secondary N) is 2. The summed E-state index contributed by atoms with van der Waals surface area (Å²) in [5, 5.41) is 10.1. The van der Waals surface area contributed by atoms with Crippen LogP contribution in [0.15, 0.2) is 12.7 Å². The summed E-state index contributed by atoms with van der Waals surface area (Å²) >= 11 is 0. The maximum Gasteiger partial charge on any atom is 0.258 e. The van der Waals surface area contributed by atoms with Crippen molar-refractivity contribution in [3.63, 3.8) is 0 Å². The number of anilines is 2. The van der Waals surface area contributed by atoms with Crippen LogP contribution in [0.1, 0.15) is 19.8 Å². The molecule has 0 radical (unpaired) electrons. The lowest BCUT2D eigenvalue weighted by atomic mass is 10.4. The van der Waals surface area contributed by atoms with Crippen LogP contribution in [0.25, 0.3) is 5.95 Å². The number of nitrogens with zero attached hydrogens (tertiary/aromatic N) is 6. The molecule has 0 aromatic carbocycles. The Morgan fingerprint density at radius 1 is 1.19 bits per heavy atom. The van der Waals surface area contributed by atoms with E-state index in [1.807, 2.05) is 0 Å².